The number of nitrogens with zero attached hydrogens (tertiary/aromatic N) is 6. The van der Waals surface area contributed by atoms with Crippen LogP contribution in [0.5, 0.6) is 23.0 Å². The number of methoxy groups -OCH3 is 2. The van der Waals surface area contributed by atoms with Gasteiger partial charge in [0.25, 0.3) is 0 Å². The van der Waals surface area contributed by atoms with Crippen molar-refractivity contribution in [1.29, 1.82) is 0 Å². The first kappa shape index (κ1) is 34.9. The molecule has 0 spiro atoms. The molecule has 10 heteroatoms. The molecule has 0 bridgehead atoms. The third-order valence-electron chi connectivity index (χ3n) is 8.02. The van der Waals surface area contributed by atoms with Crippen molar-refractivity contribution in [3.8, 4) is 23.0 Å². The third-order valence-corrected chi connectivity index (χ3v) is 8.02. The van der Waals surface area contributed by atoms with Gasteiger partial charge >= 0.3 is 0 Å². The summed E-state index contributed by atoms with van der Waals surface area (Å²) < 4.78 is 10.9. The smallest absolute Gasteiger partial charge is 0.166 e. The quantitative estimate of drug-likeness (QED) is 0.0922. The lowest BCUT2D eigenvalue weighted by Crippen LogP contribution is -2.09. The zero-order valence-corrected chi connectivity index (χ0v) is 28.6. The molecule has 2 atom stereocenters. The first-order chi connectivity index (χ1) is 25.5. The van der Waals surface area contributed by atoms with Crippen LogP contribution in [0.2, 0.25) is 0 Å². The number of benzene rings is 6. The van der Waals surface area contributed by atoms with Crippen LogP contribution in [0.1, 0.15) is 34.3 Å². The summed E-state index contributed by atoms with van der Waals surface area (Å²) in [6.45, 7) is 0. The summed E-state index contributed by atoms with van der Waals surface area (Å²) in [6.07, 6.45) is 3.18. The molecule has 6 rings (SSSR count). The summed E-state index contributed by atoms with van der Waals surface area (Å²) in [5, 5.41) is 39.7. The molecular formula is C42H36N6O4. The predicted molar refractivity (Wildman–Crippen MR) is 204 cm³/mol. The summed E-state index contributed by atoms with van der Waals surface area (Å²) in [5.74, 6) is 0.284. The van der Waals surface area contributed by atoms with Crippen molar-refractivity contribution < 1.29 is 19.7 Å². The van der Waals surface area contributed by atoms with Crippen LogP contribution in [0.15, 0.2) is 176 Å². The second-order valence-electron chi connectivity index (χ2n) is 11.5. The molecular weight excluding hydrogens is 653 g/mol. The summed E-state index contributed by atoms with van der Waals surface area (Å²) in [4.78, 5) is 10.1. The van der Waals surface area contributed by atoms with E-state index in [0.29, 0.717) is 33.9 Å². The minimum absolute atomic E-state index is 0.0880. The molecule has 0 radical (unpaired) electrons. The second kappa shape index (κ2) is 17.1. The number of rotatable bonds is 13. The molecule has 0 aliphatic rings. The van der Waals surface area contributed by atoms with E-state index in [9.17, 15) is 10.2 Å². The van der Waals surface area contributed by atoms with Gasteiger partial charge in [-0.3, -0.25) is 9.98 Å². The molecule has 0 aromatic heterocycles. The van der Waals surface area contributed by atoms with Crippen molar-refractivity contribution in [2.45, 2.75) is 12.1 Å². The van der Waals surface area contributed by atoms with Gasteiger partial charge in [-0.15, -0.1) is 0 Å². The molecule has 10 nitrogen and oxygen atoms in total. The number of hydrogen-bond acceptors (Lipinski definition) is 10. The third kappa shape index (κ3) is 8.80. The van der Waals surface area contributed by atoms with E-state index in [2.05, 4.69) is 20.5 Å². The number of ether oxygens (including phenoxy) is 2. The number of aliphatic imine (C=N–C) groups is 2. The van der Waals surface area contributed by atoms with Crippen LogP contribution in [0.4, 0.5) is 22.7 Å². The van der Waals surface area contributed by atoms with Crippen LogP contribution in [-0.4, -0.2) is 36.9 Å². The van der Waals surface area contributed by atoms with Gasteiger partial charge in [0.05, 0.1) is 37.0 Å². The Kier molecular flexibility index (Phi) is 11.5. The minimum Gasteiger partial charge on any atom is -0.504 e. The molecule has 0 saturated heterocycles. The van der Waals surface area contributed by atoms with Gasteiger partial charge in [-0.1, -0.05) is 97.1 Å². The zero-order valence-electron chi connectivity index (χ0n) is 28.6. The van der Waals surface area contributed by atoms with Gasteiger partial charge in [0, 0.05) is 35.7 Å². The molecule has 0 aliphatic carbocycles. The fourth-order valence-corrected chi connectivity index (χ4v) is 5.39. The highest BCUT2D eigenvalue weighted by Gasteiger charge is 2.24. The standard InChI is InChI=1S/C42H36N6O4/c1-51-37-25-35(47-45-33-19-11-5-12-20-33)23-31(41(37)49)27-43-39(29-15-7-3-8-16-29)40(30-17-9-4-10-18-30)44-28-32-24-36(26-38(52-2)42(32)50)48-46-34-21-13-6-14-22-34/h3-28,39-40,49-50H,1-2H3. The Morgan fingerprint density at radius 1 is 0.442 bits per heavy atom. The summed E-state index contributed by atoms with van der Waals surface area (Å²) >= 11 is 0. The average Bonchev–Trinajstić information content (AvgIpc) is 3.20. The van der Waals surface area contributed by atoms with Gasteiger partial charge in [0.2, 0.25) is 0 Å². The van der Waals surface area contributed by atoms with Crippen molar-refractivity contribution in [1.82, 2.24) is 0 Å². The van der Waals surface area contributed by atoms with Gasteiger partial charge in [0.15, 0.2) is 23.0 Å². The highest BCUT2D eigenvalue weighted by molar-refractivity contribution is 5.88. The predicted octanol–water partition coefficient (Wildman–Crippen LogP) is 11.0. The summed E-state index contributed by atoms with van der Waals surface area (Å²) in [5.41, 5.74) is 4.85. The molecule has 0 fully saturated rings. The lowest BCUT2D eigenvalue weighted by molar-refractivity contribution is 0.373. The van der Waals surface area contributed by atoms with Crippen LogP contribution in [0.3, 0.4) is 0 Å². The van der Waals surface area contributed by atoms with Crippen molar-refractivity contribution in [3.05, 3.63) is 168 Å². The van der Waals surface area contributed by atoms with Crippen LogP contribution in [-0.2, 0) is 0 Å². The van der Waals surface area contributed by atoms with E-state index in [0.717, 1.165) is 11.1 Å². The van der Waals surface area contributed by atoms with E-state index in [4.69, 9.17) is 19.5 Å². The van der Waals surface area contributed by atoms with Crippen LogP contribution >= 0.6 is 0 Å². The number of azo groups is 2. The van der Waals surface area contributed by atoms with E-state index in [1.54, 1.807) is 36.7 Å². The van der Waals surface area contributed by atoms with E-state index in [-0.39, 0.29) is 23.0 Å². The summed E-state index contributed by atoms with van der Waals surface area (Å²) in [6, 6.07) is 43.7. The number of aromatic hydroxyl groups is 2. The molecule has 0 saturated carbocycles. The Morgan fingerprint density at radius 3 is 1.12 bits per heavy atom. The lowest BCUT2D eigenvalue weighted by atomic mass is 9.94. The maximum absolute atomic E-state index is 11.1. The average molecular weight is 689 g/mol. The molecule has 6 aromatic carbocycles. The number of phenolic OH excluding ortho intramolecular Hbond substituents is 2. The SMILES string of the molecule is COc1cc(N=Nc2ccccc2)cc(C=NC(c2ccccc2)C(N=Cc2cc(N=Nc3ccccc3)cc(OC)c2O)c2ccccc2)c1O. The van der Waals surface area contributed by atoms with Gasteiger partial charge in [0.1, 0.15) is 12.1 Å². The van der Waals surface area contributed by atoms with E-state index < -0.39 is 12.1 Å². The first-order valence-corrected chi connectivity index (χ1v) is 16.4. The topological polar surface area (TPSA) is 133 Å². The Bertz CT molecular complexity index is 2030. The highest BCUT2D eigenvalue weighted by Crippen LogP contribution is 2.39. The van der Waals surface area contributed by atoms with Crippen LogP contribution in [0, 0.1) is 0 Å². The fraction of sp³-hybridized carbons (Fsp3) is 0.0952. The molecule has 6 aromatic rings. The number of phenols is 2. The molecule has 0 amide bonds. The minimum atomic E-state index is -0.565. The highest BCUT2D eigenvalue weighted by atomic mass is 16.5. The maximum atomic E-state index is 11.1. The molecule has 2 unspecified atom stereocenters. The Labute approximate surface area is 301 Å². The second-order valence-corrected chi connectivity index (χ2v) is 11.5. The number of hydrogen-bond donors (Lipinski definition) is 2. The molecule has 0 aliphatic heterocycles. The Balaban J connectivity index is 1.41. The van der Waals surface area contributed by atoms with Crippen LogP contribution < -0.4 is 9.47 Å². The van der Waals surface area contributed by atoms with E-state index in [1.807, 2.05) is 121 Å². The van der Waals surface area contributed by atoms with Gasteiger partial charge < -0.3 is 19.7 Å². The maximum Gasteiger partial charge on any atom is 0.166 e. The monoisotopic (exact) mass is 688 g/mol. The molecule has 0 heterocycles. The lowest BCUT2D eigenvalue weighted by Gasteiger charge is -2.22. The Hall–Kier alpha value is -6.94. The largest absolute Gasteiger partial charge is 0.504 e. The Morgan fingerprint density at radius 2 is 0.769 bits per heavy atom. The zero-order chi connectivity index (χ0) is 36.1. The normalized spacial score (nSPS) is 12.9. The van der Waals surface area contributed by atoms with E-state index in [1.165, 1.54) is 14.2 Å². The van der Waals surface area contributed by atoms with Crippen molar-refractivity contribution in [2.75, 3.05) is 14.2 Å². The van der Waals surface area contributed by atoms with Crippen molar-refractivity contribution in [3.63, 3.8) is 0 Å². The van der Waals surface area contributed by atoms with E-state index >= 15 is 0 Å². The van der Waals surface area contributed by atoms with Gasteiger partial charge in [-0.25, -0.2) is 0 Å². The summed E-state index contributed by atoms with van der Waals surface area (Å²) in [7, 11) is 2.95. The van der Waals surface area contributed by atoms with Crippen LogP contribution in [0.25, 0.3) is 0 Å². The molecule has 258 valence electrons. The van der Waals surface area contributed by atoms with Crippen molar-refractivity contribution in [2.24, 2.45) is 30.4 Å². The van der Waals surface area contributed by atoms with Gasteiger partial charge in [-0.05, 0) is 47.5 Å². The van der Waals surface area contributed by atoms with Gasteiger partial charge in [-0.2, -0.15) is 20.5 Å². The first-order valence-electron chi connectivity index (χ1n) is 16.4. The van der Waals surface area contributed by atoms with Crippen molar-refractivity contribution >= 4 is 35.2 Å². The molecule has 52 heavy (non-hydrogen) atoms. The fourth-order valence-electron chi connectivity index (χ4n) is 5.39. The molecule has 2 N–H and O–H groups in total.